The maximum atomic E-state index is 12.6. The van der Waals surface area contributed by atoms with Crippen molar-refractivity contribution in [3.63, 3.8) is 0 Å². The monoisotopic (exact) mass is 471 g/mol. The number of rotatable bonds is 6. The zero-order chi connectivity index (χ0) is 24.5. The number of aliphatic hydroxyl groups excluding tert-OH is 1. The van der Waals surface area contributed by atoms with Crippen molar-refractivity contribution in [3.8, 4) is 17.1 Å². The van der Waals surface area contributed by atoms with Gasteiger partial charge in [-0.1, -0.05) is 20.8 Å². The molecule has 11 nitrogen and oxygen atoms in total. The predicted octanol–water partition coefficient (Wildman–Crippen LogP) is 1.13. The third kappa shape index (κ3) is 5.36. The van der Waals surface area contributed by atoms with Gasteiger partial charge >= 0.3 is 0 Å². The normalized spacial score (nSPS) is 21.5. The van der Waals surface area contributed by atoms with Crippen LogP contribution in [-0.2, 0) is 9.53 Å². The smallest absolute Gasteiger partial charge is 0.251 e. The highest BCUT2D eigenvalue weighted by atomic mass is 16.5. The number of anilines is 2. The number of nitrogens with zero attached hydrogens (tertiary/aromatic N) is 6. The number of aromatic nitrogens is 4. The molecule has 3 heterocycles. The number of nitrogen functional groups attached to an aromatic ring is 1. The van der Waals surface area contributed by atoms with Crippen molar-refractivity contribution in [2.24, 2.45) is 5.41 Å². The Kier molecular flexibility index (Phi) is 6.85. The molecular weight excluding hydrogens is 438 g/mol. The standard InChI is InChI=1S/C23H33N7O4/c1-23(2,3)19(31)20(32)29(4)15-9-16(10-15)34-18-11-17(14-12-25-21(24)26-13-14)27-22(28-18)30-5-7-33-8-6-30/h11-13,15-16,19,31H,5-10H2,1-4H3,(H2,24,25,26)/t15-,16-,19-/m1/s1. The Morgan fingerprint density at radius 2 is 1.88 bits per heavy atom. The third-order valence-electron chi connectivity index (χ3n) is 6.26. The van der Waals surface area contributed by atoms with Crippen molar-refractivity contribution < 1.29 is 19.4 Å². The van der Waals surface area contributed by atoms with Crippen LogP contribution in [0.5, 0.6) is 5.88 Å². The molecule has 184 valence electrons. The molecule has 0 spiro atoms. The fourth-order valence-electron chi connectivity index (χ4n) is 3.86. The maximum Gasteiger partial charge on any atom is 0.251 e. The number of likely N-dealkylation sites (N-methyl/N-ethyl adjacent to an activating group) is 1. The second-order valence-electron chi connectivity index (χ2n) is 9.90. The van der Waals surface area contributed by atoms with Crippen LogP contribution in [0, 0.1) is 5.41 Å². The number of nitrogens with two attached hydrogens (primary N) is 1. The molecule has 2 fully saturated rings. The Morgan fingerprint density at radius 1 is 1.24 bits per heavy atom. The Bertz CT molecular complexity index is 999. The first-order valence-electron chi connectivity index (χ1n) is 11.5. The van der Waals surface area contributed by atoms with Gasteiger partial charge in [0.2, 0.25) is 17.8 Å². The van der Waals surface area contributed by atoms with Crippen LogP contribution in [0.15, 0.2) is 18.5 Å². The van der Waals surface area contributed by atoms with Crippen molar-refractivity contribution in [1.82, 2.24) is 24.8 Å². The molecule has 2 aliphatic rings. The van der Waals surface area contributed by atoms with E-state index < -0.39 is 11.5 Å². The van der Waals surface area contributed by atoms with E-state index in [1.807, 2.05) is 20.8 Å². The van der Waals surface area contributed by atoms with Gasteiger partial charge in [-0.15, -0.1) is 0 Å². The molecular formula is C23H33N7O4. The summed E-state index contributed by atoms with van der Waals surface area (Å²) in [6.45, 7) is 8.15. The number of ether oxygens (including phenoxy) is 2. The number of amides is 1. The molecule has 2 aromatic heterocycles. The molecule has 1 aliphatic heterocycles. The fraction of sp³-hybridized carbons (Fsp3) is 0.609. The highest BCUT2D eigenvalue weighted by molar-refractivity contribution is 5.81. The lowest BCUT2D eigenvalue weighted by Gasteiger charge is -2.42. The number of hydrogen-bond acceptors (Lipinski definition) is 10. The van der Waals surface area contributed by atoms with Gasteiger partial charge in [-0.3, -0.25) is 4.79 Å². The van der Waals surface area contributed by atoms with Crippen LogP contribution in [0.2, 0.25) is 0 Å². The van der Waals surface area contributed by atoms with E-state index in [4.69, 9.17) is 20.2 Å². The number of morpholine rings is 1. The van der Waals surface area contributed by atoms with E-state index >= 15 is 0 Å². The van der Waals surface area contributed by atoms with Crippen LogP contribution in [0.1, 0.15) is 33.6 Å². The summed E-state index contributed by atoms with van der Waals surface area (Å²) in [6, 6.07) is 1.78. The third-order valence-corrected chi connectivity index (χ3v) is 6.26. The zero-order valence-electron chi connectivity index (χ0n) is 20.1. The summed E-state index contributed by atoms with van der Waals surface area (Å²) in [5.74, 6) is 0.941. The van der Waals surface area contributed by atoms with E-state index in [2.05, 4.69) is 19.9 Å². The maximum absolute atomic E-state index is 12.6. The minimum absolute atomic E-state index is 0.0139. The van der Waals surface area contributed by atoms with Crippen LogP contribution < -0.4 is 15.4 Å². The molecule has 0 aromatic carbocycles. The summed E-state index contributed by atoms with van der Waals surface area (Å²) in [5, 5.41) is 10.3. The SMILES string of the molecule is CN(C(=O)[C@@H](O)C(C)(C)C)[C@H]1C[C@H](Oc2cc(-c3cnc(N)nc3)nc(N3CCOCC3)n2)C1. The van der Waals surface area contributed by atoms with Gasteiger partial charge in [0.25, 0.3) is 5.91 Å². The molecule has 0 unspecified atom stereocenters. The second kappa shape index (κ2) is 9.67. The Hall–Kier alpha value is -3.05. The molecule has 1 saturated carbocycles. The summed E-state index contributed by atoms with van der Waals surface area (Å²) in [4.78, 5) is 33.8. The summed E-state index contributed by atoms with van der Waals surface area (Å²) in [7, 11) is 1.73. The molecule has 34 heavy (non-hydrogen) atoms. The lowest BCUT2D eigenvalue weighted by atomic mass is 9.85. The van der Waals surface area contributed by atoms with E-state index in [9.17, 15) is 9.90 Å². The Morgan fingerprint density at radius 3 is 2.50 bits per heavy atom. The van der Waals surface area contributed by atoms with Crippen molar-refractivity contribution in [3.05, 3.63) is 18.5 Å². The average Bonchev–Trinajstić information content (AvgIpc) is 2.80. The number of carbonyl (C=O) groups is 1. The lowest BCUT2D eigenvalue weighted by molar-refractivity contribution is -0.150. The van der Waals surface area contributed by atoms with Crippen LogP contribution in [-0.4, -0.2) is 87.5 Å². The van der Waals surface area contributed by atoms with Crippen LogP contribution in [0.25, 0.3) is 11.3 Å². The van der Waals surface area contributed by atoms with Gasteiger partial charge in [0.15, 0.2) is 0 Å². The molecule has 1 aliphatic carbocycles. The molecule has 0 radical (unpaired) electrons. The topological polar surface area (TPSA) is 140 Å². The van der Waals surface area contributed by atoms with E-state index in [1.54, 1.807) is 30.4 Å². The van der Waals surface area contributed by atoms with E-state index in [1.165, 1.54) is 0 Å². The van der Waals surface area contributed by atoms with Crippen LogP contribution in [0.3, 0.4) is 0 Å². The lowest BCUT2D eigenvalue weighted by Crippen LogP contribution is -2.54. The van der Waals surface area contributed by atoms with Crippen LogP contribution >= 0.6 is 0 Å². The Balaban J connectivity index is 1.47. The first kappa shape index (κ1) is 24.1. The van der Waals surface area contributed by atoms with E-state index in [-0.39, 0.29) is 24.0 Å². The largest absolute Gasteiger partial charge is 0.474 e. The van der Waals surface area contributed by atoms with E-state index in [0.29, 0.717) is 62.2 Å². The first-order chi connectivity index (χ1) is 16.1. The molecule has 4 rings (SSSR count). The van der Waals surface area contributed by atoms with Gasteiger partial charge in [-0.05, 0) is 5.41 Å². The summed E-state index contributed by atoms with van der Waals surface area (Å²) in [6.07, 6.45) is 3.44. The van der Waals surface area contributed by atoms with Crippen LogP contribution in [0.4, 0.5) is 11.9 Å². The molecule has 1 amide bonds. The minimum atomic E-state index is -1.04. The summed E-state index contributed by atoms with van der Waals surface area (Å²) < 4.78 is 11.6. The average molecular weight is 472 g/mol. The fourth-order valence-corrected chi connectivity index (χ4v) is 3.86. The summed E-state index contributed by atoms with van der Waals surface area (Å²) in [5.41, 5.74) is 6.47. The molecule has 1 atom stereocenters. The van der Waals surface area contributed by atoms with Gasteiger partial charge in [-0.2, -0.15) is 4.98 Å². The minimum Gasteiger partial charge on any atom is -0.474 e. The molecule has 11 heteroatoms. The quantitative estimate of drug-likeness (QED) is 0.630. The van der Waals surface area contributed by atoms with Gasteiger partial charge in [0.05, 0.1) is 18.9 Å². The van der Waals surface area contributed by atoms with Gasteiger partial charge in [-0.25, -0.2) is 15.0 Å². The highest BCUT2D eigenvalue weighted by Gasteiger charge is 2.40. The molecule has 2 aromatic rings. The molecule has 1 saturated heterocycles. The van der Waals surface area contributed by atoms with Gasteiger partial charge < -0.3 is 30.1 Å². The molecule has 0 bridgehead atoms. The van der Waals surface area contributed by atoms with Crippen molar-refractivity contribution in [1.29, 1.82) is 0 Å². The van der Waals surface area contributed by atoms with E-state index in [0.717, 1.165) is 0 Å². The number of carbonyl (C=O) groups excluding carboxylic acids is 1. The number of aliphatic hydroxyl groups is 1. The predicted molar refractivity (Wildman–Crippen MR) is 126 cm³/mol. The van der Waals surface area contributed by atoms with Gasteiger partial charge in [0, 0.05) is 63.0 Å². The van der Waals surface area contributed by atoms with Gasteiger partial charge in [0.1, 0.15) is 12.2 Å². The van der Waals surface area contributed by atoms with Crippen molar-refractivity contribution in [2.45, 2.75) is 51.9 Å². The Labute approximate surface area is 199 Å². The highest BCUT2D eigenvalue weighted by Crippen LogP contribution is 2.32. The zero-order valence-corrected chi connectivity index (χ0v) is 20.1. The number of hydrogen-bond donors (Lipinski definition) is 2. The first-order valence-corrected chi connectivity index (χ1v) is 11.5. The second-order valence-corrected chi connectivity index (χ2v) is 9.90. The van der Waals surface area contributed by atoms with Crippen molar-refractivity contribution >= 4 is 17.8 Å². The van der Waals surface area contributed by atoms with Crippen molar-refractivity contribution in [2.75, 3.05) is 44.0 Å². The summed E-state index contributed by atoms with van der Waals surface area (Å²) >= 11 is 0. The molecule has 3 N–H and O–H groups in total.